The Hall–Kier alpha value is -2.49. The summed E-state index contributed by atoms with van der Waals surface area (Å²) in [5.41, 5.74) is 1.85. The minimum absolute atomic E-state index is 0.0222. The van der Waals surface area contributed by atoms with Gasteiger partial charge >= 0.3 is 0 Å². The van der Waals surface area contributed by atoms with Crippen molar-refractivity contribution in [2.75, 3.05) is 7.11 Å². The van der Waals surface area contributed by atoms with Gasteiger partial charge in [-0.25, -0.2) is 4.68 Å². The molecule has 0 radical (unpaired) electrons. The summed E-state index contributed by atoms with van der Waals surface area (Å²) in [6.45, 7) is 2.58. The van der Waals surface area contributed by atoms with Gasteiger partial charge in [0, 0.05) is 12.6 Å². The lowest BCUT2D eigenvalue weighted by molar-refractivity contribution is 0.415. The van der Waals surface area contributed by atoms with Gasteiger partial charge in [-0.3, -0.25) is 9.48 Å². The number of para-hydroxylation sites is 1. The highest BCUT2D eigenvalue weighted by Gasteiger charge is 2.13. The van der Waals surface area contributed by atoms with Gasteiger partial charge in [-0.05, 0) is 31.2 Å². The molecule has 0 N–H and O–H groups in total. The Bertz CT molecular complexity index is 800. The maximum absolute atomic E-state index is 12.5. The molecule has 0 aliphatic carbocycles. The van der Waals surface area contributed by atoms with Crippen LogP contribution in [0.15, 0.2) is 53.3 Å². The van der Waals surface area contributed by atoms with Crippen LogP contribution in [0.5, 0.6) is 5.75 Å². The van der Waals surface area contributed by atoms with Crippen molar-refractivity contribution < 1.29 is 4.74 Å². The van der Waals surface area contributed by atoms with E-state index in [-0.39, 0.29) is 5.56 Å². The van der Waals surface area contributed by atoms with E-state index in [2.05, 4.69) is 0 Å². The Labute approximate surface area is 116 Å². The lowest BCUT2D eigenvalue weighted by atomic mass is 10.2. The average molecular weight is 268 g/mol. The van der Waals surface area contributed by atoms with Gasteiger partial charge in [-0.1, -0.05) is 18.2 Å². The number of rotatable bonds is 3. The van der Waals surface area contributed by atoms with Crippen LogP contribution in [-0.4, -0.2) is 16.5 Å². The maximum Gasteiger partial charge on any atom is 0.274 e. The second-order valence-corrected chi connectivity index (χ2v) is 4.55. The third-order valence-corrected chi connectivity index (χ3v) is 3.44. The van der Waals surface area contributed by atoms with Crippen LogP contribution in [0.4, 0.5) is 0 Å². The van der Waals surface area contributed by atoms with Crippen molar-refractivity contribution in [3.63, 3.8) is 0 Å². The molecule has 0 aliphatic heterocycles. The first-order chi connectivity index (χ1) is 9.76. The maximum atomic E-state index is 12.5. The van der Waals surface area contributed by atoms with E-state index in [0.29, 0.717) is 11.9 Å². The fourth-order valence-electron chi connectivity index (χ4n) is 2.49. The average Bonchev–Trinajstić information content (AvgIpc) is 2.79. The smallest absolute Gasteiger partial charge is 0.274 e. The molecule has 1 heterocycles. The summed E-state index contributed by atoms with van der Waals surface area (Å²) in [6.07, 6.45) is 0. The van der Waals surface area contributed by atoms with E-state index in [4.69, 9.17) is 4.74 Å². The van der Waals surface area contributed by atoms with Gasteiger partial charge in [0.05, 0.1) is 23.7 Å². The molecule has 1 aromatic heterocycles. The zero-order valence-corrected chi connectivity index (χ0v) is 11.5. The molecule has 4 heteroatoms. The largest absolute Gasteiger partial charge is 0.497 e. The molecule has 0 saturated heterocycles. The molecule has 0 amide bonds. The highest BCUT2D eigenvalue weighted by molar-refractivity contribution is 5.81. The first-order valence-electron chi connectivity index (χ1n) is 6.61. The third-order valence-electron chi connectivity index (χ3n) is 3.44. The van der Waals surface area contributed by atoms with Gasteiger partial charge in [0.1, 0.15) is 5.75 Å². The van der Waals surface area contributed by atoms with Crippen molar-refractivity contribution in [2.24, 2.45) is 0 Å². The number of nitrogens with zero attached hydrogens (tertiary/aromatic N) is 2. The number of fused-ring (bicyclic) bond motifs is 1. The second-order valence-electron chi connectivity index (χ2n) is 4.55. The second kappa shape index (κ2) is 4.89. The first-order valence-corrected chi connectivity index (χ1v) is 6.61. The number of hydrogen-bond donors (Lipinski definition) is 0. The molecular formula is C16H16N2O2. The topological polar surface area (TPSA) is 36.2 Å². The summed E-state index contributed by atoms with van der Waals surface area (Å²) in [4.78, 5) is 12.5. The van der Waals surface area contributed by atoms with Crippen molar-refractivity contribution in [1.29, 1.82) is 0 Å². The van der Waals surface area contributed by atoms with Crippen molar-refractivity contribution in [2.45, 2.75) is 13.5 Å². The fourth-order valence-corrected chi connectivity index (χ4v) is 2.49. The van der Waals surface area contributed by atoms with Crippen molar-refractivity contribution >= 4 is 10.9 Å². The zero-order valence-electron chi connectivity index (χ0n) is 11.5. The Morgan fingerprint density at radius 1 is 1.10 bits per heavy atom. The number of ether oxygens (including phenoxy) is 1. The lowest BCUT2D eigenvalue weighted by Crippen LogP contribution is -2.20. The Morgan fingerprint density at radius 3 is 2.50 bits per heavy atom. The van der Waals surface area contributed by atoms with E-state index in [0.717, 1.165) is 17.0 Å². The number of benzene rings is 2. The first kappa shape index (κ1) is 12.5. The van der Waals surface area contributed by atoms with Crippen LogP contribution < -0.4 is 10.3 Å². The van der Waals surface area contributed by atoms with Crippen LogP contribution in [0.2, 0.25) is 0 Å². The fraction of sp³-hybridized carbons (Fsp3) is 0.188. The van der Waals surface area contributed by atoms with E-state index >= 15 is 0 Å². The van der Waals surface area contributed by atoms with Gasteiger partial charge < -0.3 is 4.74 Å². The third kappa shape index (κ3) is 1.81. The quantitative estimate of drug-likeness (QED) is 0.732. The van der Waals surface area contributed by atoms with Gasteiger partial charge in [0.15, 0.2) is 0 Å². The van der Waals surface area contributed by atoms with Crippen molar-refractivity contribution in [3.05, 3.63) is 58.9 Å². The molecule has 0 fully saturated rings. The zero-order chi connectivity index (χ0) is 14.1. The Balaban J connectivity index is 2.41. The molecule has 2 aromatic carbocycles. The summed E-state index contributed by atoms with van der Waals surface area (Å²) in [5.74, 6) is 0.746. The molecule has 0 unspecified atom stereocenters. The summed E-state index contributed by atoms with van der Waals surface area (Å²) in [5, 5.41) is 0.705. The predicted molar refractivity (Wildman–Crippen MR) is 79.8 cm³/mol. The molecule has 3 aromatic rings. The van der Waals surface area contributed by atoms with E-state index in [1.807, 2.05) is 60.1 Å². The number of hydrogen-bond acceptors (Lipinski definition) is 2. The predicted octanol–water partition coefficient (Wildman–Crippen LogP) is 2.82. The molecule has 3 rings (SSSR count). The minimum atomic E-state index is 0.0222. The highest BCUT2D eigenvalue weighted by atomic mass is 16.5. The van der Waals surface area contributed by atoms with Gasteiger partial charge in [-0.2, -0.15) is 0 Å². The van der Waals surface area contributed by atoms with Crippen molar-refractivity contribution in [1.82, 2.24) is 9.36 Å². The van der Waals surface area contributed by atoms with E-state index in [1.165, 1.54) is 0 Å². The molecular weight excluding hydrogens is 252 g/mol. The summed E-state index contributed by atoms with van der Waals surface area (Å²) < 4.78 is 8.95. The van der Waals surface area contributed by atoms with Gasteiger partial charge in [0.25, 0.3) is 5.56 Å². The molecule has 4 nitrogen and oxygen atoms in total. The lowest BCUT2D eigenvalue weighted by Gasteiger charge is -2.11. The van der Waals surface area contributed by atoms with Crippen molar-refractivity contribution in [3.8, 4) is 11.4 Å². The van der Waals surface area contributed by atoms with Crippen LogP contribution in [0.25, 0.3) is 16.6 Å². The minimum Gasteiger partial charge on any atom is -0.497 e. The van der Waals surface area contributed by atoms with Crippen LogP contribution >= 0.6 is 0 Å². The number of methoxy groups -OCH3 is 1. The normalized spacial score (nSPS) is 10.9. The molecule has 0 saturated carbocycles. The molecule has 20 heavy (non-hydrogen) atoms. The summed E-state index contributed by atoms with van der Waals surface area (Å²) in [7, 11) is 1.63. The highest BCUT2D eigenvalue weighted by Crippen LogP contribution is 2.22. The SMILES string of the molecule is CCn1c(=O)c2ccc(OC)cc2n1-c1ccccc1. The van der Waals surface area contributed by atoms with Gasteiger partial charge in [0.2, 0.25) is 0 Å². The summed E-state index contributed by atoms with van der Waals surface area (Å²) >= 11 is 0. The molecule has 0 bridgehead atoms. The van der Waals surface area contributed by atoms with E-state index in [9.17, 15) is 4.79 Å². The van der Waals surface area contributed by atoms with Gasteiger partial charge in [-0.15, -0.1) is 0 Å². The van der Waals surface area contributed by atoms with Crippen LogP contribution in [-0.2, 0) is 6.54 Å². The number of aromatic nitrogens is 2. The Morgan fingerprint density at radius 2 is 1.85 bits per heavy atom. The Kier molecular flexibility index (Phi) is 3.06. The van der Waals surface area contributed by atoms with Crippen LogP contribution in [0, 0.1) is 0 Å². The molecule has 102 valence electrons. The van der Waals surface area contributed by atoms with Crippen LogP contribution in [0.1, 0.15) is 6.92 Å². The van der Waals surface area contributed by atoms with E-state index in [1.54, 1.807) is 11.8 Å². The molecule has 0 spiro atoms. The van der Waals surface area contributed by atoms with Crippen LogP contribution in [0.3, 0.4) is 0 Å². The monoisotopic (exact) mass is 268 g/mol. The molecule has 0 aliphatic rings. The molecule has 0 atom stereocenters. The summed E-state index contributed by atoms with van der Waals surface area (Å²) in [6, 6.07) is 15.4. The standard InChI is InChI=1S/C16H16N2O2/c1-3-17-16(19)14-10-9-13(20-2)11-15(14)18(17)12-7-5-4-6-8-12/h4-11H,3H2,1-2H3. The van der Waals surface area contributed by atoms with E-state index < -0.39 is 0 Å².